The third-order valence-electron chi connectivity index (χ3n) is 3.00. The molecule has 0 amide bonds. The molecule has 0 aliphatic carbocycles. The summed E-state index contributed by atoms with van der Waals surface area (Å²) < 4.78 is 1.16. The van der Waals surface area contributed by atoms with Crippen molar-refractivity contribution in [1.29, 1.82) is 0 Å². The van der Waals surface area contributed by atoms with E-state index in [-0.39, 0.29) is 0 Å². The lowest BCUT2D eigenvalue weighted by Crippen LogP contribution is -2.18. The van der Waals surface area contributed by atoms with E-state index in [9.17, 15) is 0 Å². The average Bonchev–Trinajstić information content (AvgIpc) is 2.68. The average molecular weight is 283 g/mol. The fourth-order valence-corrected chi connectivity index (χ4v) is 3.57. The molecule has 1 atom stereocenters. The van der Waals surface area contributed by atoms with Crippen LogP contribution in [0.1, 0.15) is 25.3 Å². The smallest absolute Gasteiger partial charge is 0.0941 e. The minimum Gasteiger partial charge on any atom is -0.330 e. The SMILES string of the molecule is CC(C)CC(CN)Cc1nc2ccc(Cl)cc2s1. The monoisotopic (exact) mass is 282 g/mol. The first-order valence-corrected chi connectivity index (χ1v) is 7.53. The molecule has 2 nitrogen and oxygen atoms in total. The Balaban J connectivity index is 2.15. The highest BCUT2D eigenvalue weighted by Crippen LogP contribution is 2.27. The van der Waals surface area contributed by atoms with Gasteiger partial charge >= 0.3 is 0 Å². The van der Waals surface area contributed by atoms with Gasteiger partial charge in [0, 0.05) is 11.4 Å². The highest BCUT2D eigenvalue weighted by atomic mass is 35.5. The number of nitrogens with zero attached hydrogens (tertiary/aromatic N) is 1. The fraction of sp³-hybridized carbons (Fsp3) is 0.500. The van der Waals surface area contributed by atoms with Crippen LogP contribution < -0.4 is 5.73 Å². The minimum atomic E-state index is 0.529. The van der Waals surface area contributed by atoms with Crippen LogP contribution in [0.4, 0.5) is 0 Å². The number of rotatable bonds is 5. The minimum absolute atomic E-state index is 0.529. The number of hydrogen-bond acceptors (Lipinski definition) is 3. The third kappa shape index (κ3) is 3.44. The topological polar surface area (TPSA) is 38.9 Å². The number of nitrogens with two attached hydrogens (primary N) is 1. The zero-order valence-corrected chi connectivity index (χ0v) is 12.4. The van der Waals surface area contributed by atoms with E-state index in [2.05, 4.69) is 18.8 Å². The molecule has 1 heterocycles. The van der Waals surface area contributed by atoms with Crippen LogP contribution in [0.5, 0.6) is 0 Å². The Kier molecular flexibility index (Phi) is 4.60. The molecular formula is C14H19ClN2S. The Morgan fingerprint density at radius 3 is 2.83 bits per heavy atom. The van der Waals surface area contributed by atoms with Crippen LogP contribution in [-0.2, 0) is 6.42 Å². The standard InChI is InChI=1S/C14H19ClN2S/c1-9(2)5-10(8-16)6-14-17-12-4-3-11(15)7-13(12)18-14/h3-4,7,9-10H,5-6,8,16H2,1-2H3. The Bertz CT molecular complexity index is 521. The number of thiazole rings is 1. The first-order valence-electron chi connectivity index (χ1n) is 6.33. The second-order valence-electron chi connectivity index (χ2n) is 5.16. The lowest BCUT2D eigenvalue weighted by molar-refractivity contribution is 0.415. The first kappa shape index (κ1) is 13.8. The molecule has 2 aromatic rings. The molecule has 1 aromatic heterocycles. The van der Waals surface area contributed by atoms with Crippen LogP contribution in [0, 0.1) is 11.8 Å². The molecule has 0 spiro atoms. The van der Waals surface area contributed by atoms with Gasteiger partial charge in [0.1, 0.15) is 0 Å². The lowest BCUT2D eigenvalue weighted by Gasteiger charge is -2.15. The molecule has 0 aliphatic rings. The van der Waals surface area contributed by atoms with E-state index < -0.39 is 0 Å². The lowest BCUT2D eigenvalue weighted by atomic mass is 9.94. The maximum atomic E-state index is 5.99. The van der Waals surface area contributed by atoms with Crippen LogP contribution >= 0.6 is 22.9 Å². The molecule has 98 valence electrons. The van der Waals surface area contributed by atoms with Gasteiger partial charge in [-0.15, -0.1) is 11.3 Å². The van der Waals surface area contributed by atoms with Gasteiger partial charge in [0.15, 0.2) is 0 Å². The molecule has 2 rings (SSSR count). The van der Waals surface area contributed by atoms with Gasteiger partial charge in [-0.05, 0) is 43.0 Å². The zero-order valence-electron chi connectivity index (χ0n) is 10.8. The van der Waals surface area contributed by atoms with Gasteiger partial charge in [-0.25, -0.2) is 4.98 Å². The molecule has 18 heavy (non-hydrogen) atoms. The van der Waals surface area contributed by atoms with Gasteiger partial charge in [-0.2, -0.15) is 0 Å². The van der Waals surface area contributed by atoms with E-state index in [1.54, 1.807) is 11.3 Å². The number of fused-ring (bicyclic) bond motifs is 1. The highest BCUT2D eigenvalue weighted by Gasteiger charge is 2.13. The van der Waals surface area contributed by atoms with E-state index in [0.717, 1.165) is 34.6 Å². The van der Waals surface area contributed by atoms with Gasteiger partial charge < -0.3 is 5.73 Å². The molecule has 0 bridgehead atoms. The summed E-state index contributed by atoms with van der Waals surface area (Å²) >= 11 is 7.72. The molecule has 0 saturated heterocycles. The third-order valence-corrected chi connectivity index (χ3v) is 4.27. The Morgan fingerprint density at radius 2 is 2.17 bits per heavy atom. The highest BCUT2D eigenvalue weighted by molar-refractivity contribution is 7.18. The number of halogens is 1. The molecule has 0 radical (unpaired) electrons. The van der Waals surface area contributed by atoms with E-state index in [1.807, 2.05) is 18.2 Å². The van der Waals surface area contributed by atoms with Crippen molar-refractivity contribution in [3.63, 3.8) is 0 Å². The summed E-state index contributed by atoms with van der Waals surface area (Å²) in [5, 5.41) is 1.94. The molecule has 2 N–H and O–H groups in total. The van der Waals surface area contributed by atoms with E-state index in [1.165, 1.54) is 5.01 Å². The van der Waals surface area contributed by atoms with Crippen molar-refractivity contribution in [2.24, 2.45) is 17.6 Å². The second-order valence-corrected chi connectivity index (χ2v) is 6.71. The van der Waals surface area contributed by atoms with E-state index in [4.69, 9.17) is 17.3 Å². The maximum absolute atomic E-state index is 5.99. The summed E-state index contributed by atoms with van der Waals surface area (Å²) in [5.41, 5.74) is 6.88. The Labute approximate surface area is 117 Å². The van der Waals surface area contributed by atoms with Gasteiger partial charge in [0.05, 0.1) is 15.2 Å². The summed E-state index contributed by atoms with van der Waals surface area (Å²) in [6.07, 6.45) is 2.14. The predicted octanol–water partition coefficient (Wildman–Crippen LogP) is 4.11. The van der Waals surface area contributed by atoms with Gasteiger partial charge in [0.25, 0.3) is 0 Å². The van der Waals surface area contributed by atoms with Crippen molar-refractivity contribution in [2.75, 3.05) is 6.54 Å². The zero-order chi connectivity index (χ0) is 13.1. The number of aromatic nitrogens is 1. The molecule has 0 fully saturated rings. The van der Waals surface area contributed by atoms with Gasteiger partial charge in [-0.1, -0.05) is 25.4 Å². The first-order chi connectivity index (χ1) is 8.58. The normalized spacial score (nSPS) is 13.4. The molecule has 0 aliphatic heterocycles. The largest absolute Gasteiger partial charge is 0.330 e. The summed E-state index contributed by atoms with van der Waals surface area (Å²) in [7, 11) is 0. The Morgan fingerprint density at radius 1 is 1.39 bits per heavy atom. The van der Waals surface area contributed by atoms with Gasteiger partial charge in [0.2, 0.25) is 0 Å². The van der Waals surface area contributed by atoms with Crippen LogP contribution in [0.15, 0.2) is 18.2 Å². The molecular weight excluding hydrogens is 264 g/mol. The molecule has 4 heteroatoms. The molecule has 1 aromatic carbocycles. The summed E-state index contributed by atoms with van der Waals surface area (Å²) in [5.74, 6) is 1.21. The number of hydrogen-bond donors (Lipinski definition) is 1. The summed E-state index contributed by atoms with van der Waals surface area (Å²) in [6.45, 7) is 5.20. The van der Waals surface area contributed by atoms with Crippen molar-refractivity contribution >= 4 is 33.2 Å². The van der Waals surface area contributed by atoms with Crippen LogP contribution in [0.3, 0.4) is 0 Å². The Hall–Kier alpha value is -0.640. The van der Waals surface area contributed by atoms with E-state index in [0.29, 0.717) is 11.8 Å². The molecule has 0 saturated carbocycles. The van der Waals surface area contributed by atoms with Crippen molar-refractivity contribution in [2.45, 2.75) is 26.7 Å². The van der Waals surface area contributed by atoms with Crippen molar-refractivity contribution < 1.29 is 0 Å². The van der Waals surface area contributed by atoms with Crippen LogP contribution in [0.25, 0.3) is 10.2 Å². The quantitative estimate of drug-likeness (QED) is 0.896. The van der Waals surface area contributed by atoms with Crippen LogP contribution in [-0.4, -0.2) is 11.5 Å². The maximum Gasteiger partial charge on any atom is 0.0941 e. The van der Waals surface area contributed by atoms with Crippen molar-refractivity contribution in [3.8, 4) is 0 Å². The molecule has 1 unspecified atom stereocenters. The van der Waals surface area contributed by atoms with Crippen molar-refractivity contribution in [1.82, 2.24) is 4.98 Å². The predicted molar refractivity (Wildman–Crippen MR) is 80.3 cm³/mol. The van der Waals surface area contributed by atoms with E-state index >= 15 is 0 Å². The van der Waals surface area contributed by atoms with Crippen molar-refractivity contribution in [3.05, 3.63) is 28.2 Å². The summed E-state index contributed by atoms with van der Waals surface area (Å²) in [6, 6.07) is 5.86. The van der Waals surface area contributed by atoms with Gasteiger partial charge in [-0.3, -0.25) is 0 Å². The second kappa shape index (κ2) is 6.00. The fourth-order valence-electron chi connectivity index (χ4n) is 2.21. The van der Waals surface area contributed by atoms with Crippen LogP contribution in [0.2, 0.25) is 5.02 Å². The number of benzene rings is 1. The summed E-state index contributed by atoms with van der Waals surface area (Å²) in [4.78, 5) is 4.65.